The molecule has 0 amide bonds. The van der Waals surface area contributed by atoms with Crippen LogP contribution in [0, 0.1) is 0 Å². The standard InChI is InChI=1S/C20H27Cl2NO2SSi/c1-12(2)27(13(3)4,14(5)6)25-19(17-8-7-9-18(21)23-17)16-10-15(11-24)26-20(16)22/h7-14,19H,1-6H3. The van der Waals surface area contributed by atoms with Gasteiger partial charge in [0.15, 0.2) is 6.29 Å². The fraction of sp³-hybridized carbons (Fsp3) is 0.500. The molecule has 0 saturated carbocycles. The van der Waals surface area contributed by atoms with Crippen LogP contribution in [0.3, 0.4) is 0 Å². The topological polar surface area (TPSA) is 39.2 Å². The molecule has 0 N–H and O–H groups in total. The number of thiophene rings is 1. The molecule has 0 aliphatic heterocycles. The van der Waals surface area contributed by atoms with Crippen LogP contribution in [-0.4, -0.2) is 19.6 Å². The van der Waals surface area contributed by atoms with E-state index in [-0.39, 0.29) is 0 Å². The van der Waals surface area contributed by atoms with E-state index in [9.17, 15) is 4.79 Å². The summed E-state index contributed by atoms with van der Waals surface area (Å²) in [5, 5.41) is 0.411. The summed E-state index contributed by atoms with van der Waals surface area (Å²) in [6, 6.07) is 7.33. The molecule has 0 aliphatic carbocycles. The maximum absolute atomic E-state index is 11.3. The first kappa shape index (κ1) is 22.6. The largest absolute Gasteiger partial charge is 0.403 e. The summed E-state index contributed by atoms with van der Waals surface area (Å²) >= 11 is 13.9. The smallest absolute Gasteiger partial charge is 0.201 e. The highest BCUT2D eigenvalue weighted by Crippen LogP contribution is 2.48. The van der Waals surface area contributed by atoms with Crippen molar-refractivity contribution in [2.75, 3.05) is 0 Å². The number of carbonyl (C=O) groups is 1. The Morgan fingerprint density at radius 3 is 2.11 bits per heavy atom. The minimum absolute atomic E-state index is 0.405. The fourth-order valence-electron chi connectivity index (χ4n) is 4.10. The van der Waals surface area contributed by atoms with Gasteiger partial charge < -0.3 is 4.43 Å². The Bertz CT molecular complexity index is 770. The molecule has 0 aromatic carbocycles. The lowest BCUT2D eigenvalue weighted by Gasteiger charge is -2.44. The summed E-state index contributed by atoms with van der Waals surface area (Å²) in [5.74, 6) is 0. The van der Waals surface area contributed by atoms with E-state index in [1.54, 1.807) is 6.07 Å². The molecule has 2 aromatic rings. The maximum Gasteiger partial charge on any atom is 0.201 e. The van der Waals surface area contributed by atoms with Gasteiger partial charge in [0.2, 0.25) is 8.32 Å². The summed E-state index contributed by atoms with van der Waals surface area (Å²) in [6.07, 6.45) is 0.376. The van der Waals surface area contributed by atoms with Crippen LogP contribution < -0.4 is 0 Å². The molecule has 2 aromatic heterocycles. The van der Waals surface area contributed by atoms with Crippen molar-refractivity contribution in [3.05, 3.63) is 49.9 Å². The predicted octanol–water partition coefficient (Wildman–Crippen LogP) is 7.54. The highest BCUT2D eigenvalue weighted by Gasteiger charge is 2.47. The monoisotopic (exact) mass is 443 g/mol. The number of nitrogens with zero attached hydrogens (tertiary/aromatic N) is 1. The van der Waals surface area contributed by atoms with Gasteiger partial charge in [0, 0.05) is 5.56 Å². The van der Waals surface area contributed by atoms with Crippen molar-refractivity contribution in [1.29, 1.82) is 0 Å². The van der Waals surface area contributed by atoms with E-state index in [0.717, 1.165) is 17.5 Å². The number of carbonyl (C=O) groups excluding carboxylic acids is 1. The van der Waals surface area contributed by atoms with Crippen molar-refractivity contribution in [3.8, 4) is 0 Å². The molecule has 1 atom stereocenters. The van der Waals surface area contributed by atoms with Crippen molar-refractivity contribution in [3.63, 3.8) is 0 Å². The molecular formula is C20H27Cl2NO2SSi. The van der Waals surface area contributed by atoms with Crippen LogP contribution in [-0.2, 0) is 4.43 Å². The van der Waals surface area contributed by atoms with E-state index in [2.05, 4.69) is 46.5 Å². The Balaban J connectivity index is 2.65. The molecule has 3 nitrogen and oxygen atoms in total. The van der Waals surface area contributed by atoms with Gasteiger partial charge in [0.25, 0.3) is 0 Å². The number of hydrogen-bond acceptors (Lipinski definition) is 4. The second kappa shape index (κ2) is 9.18. The van der Waals surface area contributed by atoms with Crippen LogP contribution in [0.4, 0.5) is 0 Å². The van der Waals surface area contributed by atoms with Gasteiger partial charge in [-0.3, -0.25) is 4.79 Å². The third kappa shape index (κ3) is 4.65. The zero-order valence-electron chi connectivity index (χ0n) is 16.6. The molecule has 0 fully saturated rings. The molecule has 1 unspecified atom stereocenters. The maximum atomic E-state index is 11.3. The van der Waals surface area contributed by atoms with Crippen LogP contribution in [0.25, 0.3) is 0 Å². The Morgan fingerprint density at radius 2 is 1.67 bits per heavy atom. The van der Waals surface area contributed by atoms with E-state index in [1.165, 1.54) is 11.3 Å². The number of halogens is 2. The van der Waals surface area contributed by atoms with Gasteiger partial charge in [-0.15, -0.1) is 11.3 Å². The van der Waals surface area contributed by atoms with Crippen LogP contribution in [0.15, 0.2) is 24.3 Å². The molecule has 148 valence electrons. The van der Waals surface area contributed by atoms with E-state index < -0.39 is 14.4 Å². The molecule has 0 aliphatic rings. The van der Waals surface area contributed by atoms with Crippen LogP contribution in [0.5, 0.6) is 0 Å². The Kier molecular flexibility index (Phi) is 7.67. The van der Waals surface area contributed by atoms with Crippen molar-refractivity contribution in [2.45, 2.75) is 64.3 Å². The molecular weight excluding hydrogens is 417 g/mol. The SMILES string of the molecule is CC(C)[Si](OC(c1cccc(Cl)n1)c1cc(C=O)sc1Cl)(C(C)C)C(C)C. The van der Waals surface area contributed by atoms with E-state index in [4.69, 9.17) is 27.6 Å². The lowest BCUT2D eigenvalue weighted by atomic mass is 10.1. The summed E-state index contributed by atoms with van der Waals surface area (Å²) < 4.78 is 7.57. The predicted molar refractivity (Wildman–Crippen MR) is 118 cm³/mol. The Morgan fingerprint density at radius 1 is 1.07 bits per heavy atom. The van der Waals surface area contributed by atoms with E-state index >= 15 is 0 Å². The van der Waals surface area contributed by atoms with Gasteiger partial charge >= 0.3 is 0 Å². The summed E-state index contributed by atoms with van der Waals surface area (Å²) in [7, 11) is -2.22. The molecule has 0 bridgehead atoms. The minimum atomic E-state index is -2.22. The van der Waals surface area contributed by atoms with Crippen molar-refractivity contribution in [1.82, 2.24) is 4.98 Å². The number of hydrogen-bond donors (Lipinski definition) is 0. The zero-order chi connectivity index (χ0) is 20.4. The lowest BCUT2D eigenvalue weighted by Crippen LogP contribution is -2.48. The third-order valence-electron chi connectivity index (χ3n) is 5.17. The van der Waals surface area contributed by atoms with Gasteiger partial charge in [0.05, 0.1) is 14.9 Å². The van der Waals surface area contributed by atoms with Crippen molar-refractivity contribution < 1.29 is 9.22 Å². The molecule has 7 heteroatoms. The van der Waals surface area contributed by atoms with Gasteiger partial charge in [-0.05, 0) is 34.8 Å². The highest BCUT2D eigenvalue weighted by molar-refractivity contribution is 7.17. The molecule has 2 heterocycles. The normalized spacial score (nSPS) is 13.6. The Labute approximate surface area is 177 Å². The van der Waals surface area contributed by atoms with Crippen LogP contribution in [0.2, 0.25) is 26.1 Å². The molecule has 0 saturated heterocycles. The Hall–Kier alpha value is -0.723. The first-order valence-electron chi connectivity index (χ1n) is 9.18. The number of aldehydes is 1. The van der Waals surface area contributed by atoms with Gasteiger partial charge in [-0.25, -0.2) is 4.98 Å². The van der Waals surface area contributed by atoms with Crippen LogP contribution >= 0.6 is 34.5 Å². The minimum Gasteiger partial charge on any atom is -0.403 e. The summed E-state index contributed by atoms with van der Waals surface area (Å²) in [6.45, 7) is 13.4. The molecule has 2 rings (SSSR count). The quantitative estimate of drug-likeness (QED) is 0.240. The number of pyridine rings is 1. The summed E-state index contributed by atoms with van der Waals surface area (Å²) in [4.78, 5) is 16.4. The molecule has 27 heavy (non-hydrogen) atoms. The third-order valence-corrected chi connectivity index (χ3v) is 12.7. The number of aromatic nitrogens is 1. The highest BCUT2D eigenvalue weighted by atomic mass is 35.5. The zero-order valence-corrected chi connectivity index (χ0v) is 20.0. The lowest BCUT2D eigenvalue weighted by molar-refractivity contribution is 0.112. The second-order valence-corrected chi connectivity index (χ2v) is 15.2. The first-order valence-corrected chi connectivity index (χ1v) is 12.9. The van der Waals surface area contributed by atoms with Gasteiger partial charge in [-0.2, -0.15) is 0 Å². The van der Waals surface area contributed by atoms with Crippen molar-refractivity contribution >= 4 is 49.1 Å². The fourth-order valence-corrected chi connectivity index (χ4v) is 10.9. The molecule has 0 radical (unpaired) electrons. The van der Waals surface area contributed by atoms with E-state index in [1.807, 2.05) is 18.2 Å². The van der Waals surface area contributed by atoms with Crippen LogP contribution in [0.1, 0.15) is 68.6 Å². The average molecular weight is 445 g/mol. The first-order chi connectivity index (χ1) is 12.6. The average Bonchev–Trinajstić information content (AvgIpc) is 2.95. The van der Waals surface area contributed by atoms with Crippen molar-refractivity contribution in [2.24, 2.45) is 0 Å². The number of rotatable bonds is 8. The van der Waals surface area contributed by atoms with Gasteiger partial charge in [-0.1, -0.05) is 70.8 Å². The second-order valence-electron chi connectivity index (χ2n) is 7.70. The summed E-state index contributed by atoms with van der Waals surface area (Å²) in [5.41, 5.74) is 2.72. The van der Waals surface area contributed by atoms with E-state index in [0.29, 0.717) is 31.0 Å². The molecule has 0 spiro atoms. The van der Waals surface area contributed by atoms with Gasteiger partial charge in [0.1, 0.15) is 11.3 Å².